The summed E-state index contributed by atoms with van der Waals surface area (Å²) in [5.74, 6) is 0.329. The highest BCUT2D eigenvalue weighted by Crippen LogP contribution is 2.30. The molecule has 0 unspecified atom stereocenters. The molecule has 0 saturated heterocycles. The lowest BCUT2D eigenvalue weighted by Crippen LogP contribution is -2.13. The van der Waals surface area contributed by atoms with Crippen LogP contribution >= 0.6 is 0 Å². The molecule has 2 aromatic rings. The first-order chi connectivity index (χ1) is 9.11. The van der Waals surface area contributed by atoms with Gasteiger partial charge in [-0.15, -0.1) is 0 Å². The van der Waals surface area contributed by atoms with Gasteiger partial charge in [-0.1, -0.05) is 0 Å². The molecule has 0 aliphatic carbocycles. The molecule has 0 saturated carbocycles. The van der Waals surface area contributed by atoms with Gasteiger partial charge in [-0.25, -0.2) is 4.79 Å². The van der Waals surface area contributed by atoms with Gasteiger partial charge in [0.1, 0.15) is 5.75 Å². The van der Waals surface area contributed by atoms with Gasteiger partial charge in [0.05, 0.1) is 19.6 Å². The van der Waals surface area contributed by atoms with Crippen LogP contribution in [0.5, 0.6) is 5.75 Å². The smallest absolute Gasteiger partial charge is 0.343 e. The quantitative estimate of drug-likeness (QED) is 0.792. The van der Waals surface area contributed by atoms with Crippen LogP contribution in [0, 0.1) is 13.8 Å². The van der Waals surface area contributed by atoms with Gasteiger partial charge in [0, 0.05) is 5.56 Å². The second-order valence-corrected chi connectivity index (χ2v) is 4.32. The Kier molecular flexibility index (Phi) is 3.90. The van der Waals surface area contributed by atoms with Crippen LogP contribution in [-0.4, -0.2) is 19.7 Å². The Balaban J connectivity index is 2.25. The maximum Gasteiger partial charge on any atom is 0.343 e. The van der Waals surface area contributed by atoms with Gasteiger partial charge in [0.25, 0.3) is 0 Å². The summed E-state index contributed by atoms with van der Waals surface area (Å²) in [6.07, 6.45) is 3.34. The van der Waals surface area contributed by atoms with Crippen LogP contribution in [0.2, 0.25) is 0 Å². The van der Waals surface area contributed by atoms with E-state index in [0.717, 1.165) is 28.0 Å². The van der Waals surface area contributed by atoms with Crippen molar-refractivity contribution in [1.29, 1.82) is 0 Å². The Morgan fingerprint density at radius 2 is 1.89 bits per heavy atom. The fourth-order valence-electron chi connectivity index (χ4n) is 1.96. The first kappa shape index (κ1) is 13.2. The molecule has 1 aromatic carbocycles. The number of benzene rings is 1. The first-order valence-corrected chi connectivity index (χ1v) is 5.95. The van der Waals surface area contributed by atoms with Crippen LogP contribution in [0.15, 0.2) is 35.1 Å². The maximum absolute atomic E-state index is 11.1. The first-order valence-electron chi connectivity index (χ1n) is 5.95. The summed E-state index contributed by atoms with van der Waals surface area (Å²) in [6, 6.07) is 5.91. The van der Waals surface area contributed by atoms with Crippen molar-refractivity contribution in [2.24, 2.45) is 0 Å². The van der Waals surface area contributed by atoms with Crippen molar-refractivity contribution in [3.8, 4) is 16.9 Å². The minimum atomic E-state index is -0.391. The largest absolute Gasteiger partial charge is 0.481 e. The van der Waals surface area contributed by atoms with Crippen molar-refractivity contribution in [1.82, 2.24) is 0 Å². The van der Waals surface area contributed by atoms with Gasteiger partial charge in [-0.3, -0.25) is 0 Å². The molecule has 100 valence electrons. The molecular weight excluding hydrogens is 244 g/mol. The topological polar surface area (TPSA) is 48.7 Å². The number of hydrogen-bond donors (Lipinski definition) is 0. The summed E-state index contributed by atoms with van der Waals surface area (Å²) >= 11 is 0. The van der Waals surface area contributed by atoms with Crippen molar-refractivity contribution in [2.75, 3.05) is 13.7 Å². The van der Waals surface area contributed by atoms with E-state index in [1.807, 2.05) is 32.0 Å². The number of methoxy groups -OCH3 is 1. The van der Waals surface area contributed by atoms with Crippen LogP contribution in [0.1, 0.15) is 11.1 Å². The van der Waals surface area contributed by atoms with Crippen LogP contribution in [0.25, 0.3) is 11.1 Å². The Labute approximate surface area is 111 Å². The lowest BCUT2D eigenvalue weighted by Gasteiger charge is -2.12. The van der Waals surface area contributed by atoms with Gasteiger partial charge in [0.15, 0.2) is 6.61 Å². The lowest BCUT2D eigenvalue weighted by atomic mass is 10.0. The SMILES string of the molecule is COC(=O)COc1c(C)cc(-c2ccoc2)cc1C. The minimum absolute atomic E-state index is 0.0801. The summed E-state index contributed by atoms with van der Waals surface area (Å²) in [6.45, 7) is 3.82. The molecule has 1 heterocycles. The minimum Gasteiger partial charge on any atom is -0.481 e. The zero-order valence-electron chi connectivity index (χ0n) is 11.2. The Morgan fingerprint density at radius 3 is 2.42 bits per heavy atom. The maximum atomic E-state index is 11.1. The number of furan rings is 1. The molecule has 0 aliphatic rings. The normalized spacial score (nSPS) is 10.3. The zero-order valence-corrected chi connectivity index (χ0v) is 11.2. The van der Waals surface area contributed by atoms with E-state index in [4.69, 9.17) is 9.15 Å². The highest BCUT2D eigenvalue weighted by atomic mass is 16.6. The van der Waals surface area contributed by atoms with Crippen LogP contribution in [-0.2, 0) is 9.53 Å². The molecule has 0 N–H and O–H groups in total. The van der Waals surface area contributed by atoms with Crippen molar-refractivity contribution in [3.05, 3.63) is 41.9 Å². The van der Waals surface area contributed by atoms with E-state index in [9.17, 15) is 4.79 Å². The Bertz CT molecular complexity index is 547. The number of ether oxygens (including phenoxy) is 2. The van der Waals surface area contributed by atoms with Crippen LogP contribution < -0.4 is 4.74 Å². The lowest BCUT2D eigenvalue weighted by molar-refractivity contribution is -0.142. The van der Waals surface area contributed by atoms with Gasteiger partial charge >= 0.3 is 5.97 Å². The third kappa shape index (κ3) is 2.96. The summed E-state index contributed by atoms with van der Waals surface area (Å²) in [7, 11) is 1.34. The van der Waals surface area contributed by atoms with Crippen molar-refractivity contribution < 1.29 is 18.7 Å². The molecule has 19 heavy (non-hydrogen) atoms. The standard InChI is InChI=1S/C15H16O4/c1-10-6-13(12-4-5-18-8-12)7-11(2)15(10)19-9-14(16)17-3/h4-8H,9H2,1-3H3. The highest BCUT2D eigenvalue weighted by Gasteiger charge is 2.10. The molecule has 1 aromatic heterocycles. The van der Waals surface area contributed by atoms with E-state index in [1.54, 1.807) is 12.5 Å². The number of carbonyl (C=O) groups excluding carboxylic acids is 1. The Hall–Kier alpha value is -2.23. The third-order valence-corrected chi connectivity index (χ3v) is 2.88. The van der Waals surface area contributed by atoms with Crippen molar-refractivity contribution >= 4 is 5.97 Å². The number of aryl methyl sites for hydroxylation is 2. The van der Waals surface area contributed by atoms with Gasteiger partial charge in [0.2, 0.25) is 0 Å². The molecule has 0 amide bonds. The molecule has 0 spiro atoms. The average Bonchev–Trinajstić information content (AvgIpc) is 2.91. The van der Waals surface area contributed by atoms with E-state index in [0.29, 0.717) is 0 Å². The number of hydrogen-bond acceptors (Lipinski definition) is 4. The molecule has 0 radical (unpaired) electrons. The van der Waals surface area contributed by atoms with E-state index in [1.165, 1.54) is 7.11 Å². The third-order valence-electron chi connectivity index (χ3n) is 2.88. The predicted molar refractivity (Wildman–Crippen MR) is 71.1 cm³/mol. The summed E-state index contributed by atoms with van der Waals surface area (Å²) in [5, 5.41) is 0. The fraction of sp³-hybridized carbons (Fsp3) is 0.267. The monoisotopic (exact) mass is 260 g/mol. The highest BCUT2D eigenvalue weighted by molar-refractivity contribution is 5.71. The van der Waals surface area contributed by atoms with Crippen molar-refractivity contribution in [3.63, 3.8) is 0 Å². The van der Waals surface area contributed by atoms with Crippen LogP contribution in [0.4, 0.5) is 0 Å². The molecule has 0 fully saturated rings. The van der Waals surface area contributed by atoms with Gasteiger partial charge < -0.3 is 13.9 Å². The van der Waals surface area contributed by atoms with E-state index >= 15 is 0 Å². The molecule has 0 atom stereocenters. The second-order valence-electron chi connectivity index (χ2n) is 4.32. The number of esters is 1. The number of carbonyl (C=O) groups is 1. The second kappa shape index (κ2) is 5.61. The Morgan fingerprint density at radius 1 is 1.21 bits per heavy atom. The van der Waals surface area contributed by atoms with Gasteiger partial charge in [-0.05, 0) is 48.7 Å². The average molecular weight is 260 g/mol. The molecular formula is C15H16O4. The summed E-state index contributed by atoms with van der Waals surface area (Å²) < 4.78 is 15.1. The predicted octanol–water partition coefficient (Wildman–Crippen LogP) is 3.12. The molecule has 0 bridgehead atoms. The van der Waals surface area contributed by atoms with Crippen LogP contribution in [0.3, 0.4) is 0 Å². The van der Waals surface area contributed by atoms with Gasteiger partial charge in [-0.2, -0.15) is 0 Å². The summed E-state index contributed by atoms with van der Waals surface area (Å²) in [4.78, 5) is 11.1. The van der Waals surface area contributed by atoms with E-state index < -0.39 is 5.97 Å². The molecule has 2 rings (SSSR count). The molecule has 4 nitrogen and oxygen atoms in total. The van der Waals surface area contributed by atoms with Crippen molar-refractivity contribution in [2.45, 2.75) is 13.8 Å². The van der Waals surface area contributed by atoms with E-state index in [2.05, 4.69) is 4.74 Å². The zero-order chi connectivity index (χ0) is 13.8. The number of rotatable bonds is 4. The van der Waals surface area contributed by atoms with E-state index in [-0.39, 0.29) is 6.61 Å². The molecule has 0 aliphatic heterocycles. The molecule has 4 heteroatoms. The fourth-order valence-corrected chi connectivity index (χ4v) is 1.96. The summed E-state index contributed by atoms with van der Waals surface area (Å²) in [5.41, 5.74) is 4.03.